The molecule has 1 aliphatic carbocycles. The number of thiazole rings is 1. The standard InChI is InChI=1S/C23H14ClF3N2O4S/c24-12-4-5-16-15(8-12)21(31)20-17(28-16)6-11(7-19(20)30)18-10-34-22(29-18)32-13-2-1-3-14(9-13)33-23(25,26)27/h1-5,8-11H,6-7H2,(H,28,31). The zero-order chi connectivity index (χ0) is 24.0. The van der Waals surface area contributed by atoms with Crippen LogP contribution >= 0.6 is 22.9 Å². The van der Waals surface area contributed by atoms with Gasteiger partial charge in [0.05, 0.1) is 11.3 Å². The van der Waals surface area contributed by atoms with Crippen LogP contribution in [-0.4, -0.2) is 22.1 Å². The summed E-state index contributed by atoms with van der Waals surface area (Å²) < 4.78 is 46.8. The summed E-state index contributed by atoms with van der Waals surface area (Å²) in [7, 11) is 0. The highest BCUT2D eigenvalue weighted by atomic mass is 35.5. The van der Waals surface area contributed by atoms with Crippen LogP contribution in [0.3, 0.4) is 0 Å². The van der Waals surface area contributed by atoms with Gasteiger partial charge in [-0.15, -0.1) is 13.2 Å². The van der Waals surface area contributed by atoms with Crippen LogP contribution in [0.5, 0.6) is 16.7 Å². The maximum absolute atomic E-state index is 12.9. The van der Waals surface area contributed by atoms with E-state index in [1.807, 2.05) is 0 Å². The molecule has 1 N–H and O–H groups in total. The van der Waals surface area contributed by atoms with E-state index in [-0.39, 0.29) is 40.1 Å². The maximum atomic E-state index is 12.9. The van der Waals surface area contributed by atoms with Crippen LogP contribution in [-0.2, 0) is 6.42 Å². The van der Waals surface area contributed by atoms with Crippen LogP contribution < -0.4 is 14.9 Å². The second kappa shape index (κ2) is 8.44. The quantitative estimate of drug-likeness (QED) is 0.354. The highest BCUT2D eigenvalue weighted by molar-refractivity contribution is 7.11. The Bertz CT molecular complexity index is 1480. The van der Waals surface area contributed by atoms with Crippen molar-refractivity contribution in [2.45, 2.75) is 25.1 Å². The summed E-state index contributed by atoms with van der Waals surface area (Å²) in [5.74, 6) is -0.855. The van der Waals surface area contributed by atoms with E-state index in [4.69, 9.17) is 16.3 Å². The van der Waals surface area contributed by atoms with Gasteiger partial charge < -0.3 is 14.5 Å². The number of fused-ring (bicyclic) bond motifs is 2. The predicted molar refractivity (Wildman–Crippen MR) is 120 cm³/mol. The molecule has 0 aliphatic heterocycles. The number of H-pyrrole nitrogens is 1. The van der Waals surface area contributed by atoms with Crippen molar-refractivity contribution < 1.29 is 27.4 Å². The van der Waals surface area contributed by atoms with E-state index in [1.54, 1.807) is 17.5 Å². The molecule has 6 nitrogen and oxygen atoms in total. The van der Waals surface area contributed by atoms with E-state index in [2.05, 4.69) is 14.7 Å². The number of pyridine rings is 1. The molecule has 0 radical (unpaired) electrons. The van der Waals surface area contributed by atoms with Gasteiger partial charge in [-0.2, -0.15) is 0 Å². The van der Waals surface area contributed by atoms with E-state index in [0.29, 0.717) is 33.7 Å². The fourth-order valence-electron chi connectivity index (χ4n) is 3.95. The molecule has 0 saturated heterocycles. The Kier molecular flexibility index (Phi) is 5.57. The van der Waals surface area contributed by atoms with Crippen molar-refractivity contribution in [2.75, 3.05) is 0 Å². The number of halogens is 4. The van der Waals surface area contributed by atoms with Crippen molar-refractivity contribution >= 4 is 39.6 Å². The van der Waals surface area contributed by atoms with Crippen molar-refractivity contribution in [3.05, 3.63) is 80.0 Å². The zero-order valence-electron chi connectivity index (χ0n) is 17.1. The van der Waals surface area contributed by atoms with Gasteiger partial charge in [-0.25, -0.2) is 4.98 Å². The lowest BCUT2D eigenvalue weighted by Crippen LogP contribution is -2.27. The van der Waals surface area contributed by atoms with E-state index in [1.165, 1.54) is 18.2 Å². The van der Waals surface area contributed by atoms with Crippen LogP contribution in [0.1, 0.15) is 34.1 Å². The van der Waals surface area contributed by atoms with Crippen LogP contribution in [0, 0.1) is 0 Å². The van der Waals surface area contributed by atoms with Crippen molar-refractivity contribution in [1.82, 2.24) is 9.97 Å². The number of rotatable bonds is 4. The summed E-state index contributed by atoms with van der Waals surface area (Å²) in [4.78, 5) is 33.3. The van der Waals surface area contributed by atoms with Gasteiger partial charge >= 0.3 is 6.36 Å². The second-order valence-electron chi connectivity index (χ2n) is 7.69. The molecule has 5 rings (SSSR count). The first kappa shape index (κ1) is 22.4. The molecule has 34 heavy (non-hydrogen) atoms. The lowest BCUT2D eigenvalue weighted by molar-refractivity contribution is -0.274. The summed E-state index contributed by atoms with van der Waals surface area (Å²) >= 11 is 7.15. The van der Waals surface area contributed by atoms with Crippen molar-refractivity contribution in [3.63, 3.8) is 0 Å². The number of ketones is 1. The van der Waals surface area contributed by atoms with Gasteiger partial charge in [0.15, 0.2) is 5.78 Å². The molecule has 0 bridgehead atoms. The molecule has 11 heteroatoms. The van der Waals surface area contributed by atoms with Gasteiger partial charge in [0, 0.05) is 45.4 Å². The summed E-state index contributed by atoms with van der Waals surface area (Å²) in [5, 5.41) is 2.70. The Balaban J connectivity index is 1.38. The average molecular weight is 507 g/mol. The average Bonchev–Trinajstić information content (AvgIpc) is 3.21. The molecule has 1 atom stereocenters. The molecule has 0 spiro atoms. The number of aromatic nitrogens is 2. The van der Waals surface area contributed by atoms with Crippen molar-refractivity contribution in [3.8, 4) is 16.7 Å². The smallest absolute Gasteiger partial charge is 0.431 e. The normalized spacial score (nSPS) is 15.9. The van der Waals surface area contributed by atoms with Gasteiger partial charge in [0.1, 0.15) is 11.5 Å². The number of aromatic amines is 1. The largest absolute Gasteiger partial charge is 0.573 e. The molecule has 174 valence electrons. The summed E-state index contributed by atoms with van der Waals surface area (Å²) in [6.07, 6.45) is -4.32. The minimum absolute atomic E-state index is 0.0975. The molecule has 0 amide bonds. The summed E-state index contributed by atoms with van der Waals surface area (Å²) in [5.41, 5.74) is 1.51. The highest BCUT2D eigenvalue weighted by Crippen LogP contribution is 2.36. The number of hydrogen-bond donors (Lipinski definition) is 1. The van der Waals surface area contributed by atoms with E-state index < -0.39 is 12.1 Å². The topological polar surface area (TPSA) is 81.3 Å². The number of benzene rings is 2. The van der Waals surface area contributed by atoms with Crippen LogP contribution in [0.4, 0.5) is 13.2 Å². The molecule has 1 aliphatic rings. The van der Waals surface area contributed by atoms with Crippen LogP contribution in [0.15, 0.2) is 52.6 Å². The minimum atomic E-state index is -4.81. The van der Waals surface area contributed by atoms with Crippen LogP contribution in [0.25, 0.3) is 10.9 Å². The molecule has 0 fully saturated rings. The number of carbonyl (C=O) groups is 1. The van der Waals surface area contributed by atoms with Crippen molar-refractivity contribution in [1.29, 1.82) is 0 Å². The number of hydrogen-bond acceptors (Lipinski definition) is 6. The van der Waals surface area contributed by atoms with Gasteiger partial charge in [-0.3, -0.25) is 9.59 Å². The Labute approximate surface area is 198 Å². The third-order valence-corrected chi connectivity index (χ3v) is 6.34. The van der Waals surface area contributed by atoms with Gasteiger partial charge in [-0.1, -0.05) is 29.0 Å². The van der Waals surface area contributed by atoms with Gasteiger partial charge in [0.25, 0.3) is 5.19 Å². The Hall–Kier alpha value is -3.37. The molecule has 2 aromatic heterocycles. The fourth-order valence-corrected chi connectivity index (χ4v) is 4.89. The Morgan fingerprint density at radius 1 is 1.09 bits per heavy atom. The Morgan fingerprint density at radius 3 is 2.68 bits per heavy atom. The zero-order valence-corrected chi connectivity index (χ0v) is 18.7. The first-order valence-electron chi connectivity index (χ1n) is 10.0. The monoisotopic (exact) mass is 506 g/mol. The SMILES string of the molecule is O=C1CC(c2csc(Oc3cccc(OC(F)(F)F)c3)n2)Cc2[nH]c3ccc(Cl)cc3c(=O)c21. The Morgan fingerprint density at radius 2 is 1.88 bits per heavy atom. The van der Waals surface area contributed by atoms with E-state index in [9.17, 15) is 22.8 Å². The molecule has 1 unspecified atom stereocenters. The molecule has 2 aromatic carbocycles. The third kappa shape index (κ3) is 4.51. The summed E-state index contributed by atoms with van der Waals surface area (Å²) in [6, 6.07) is 10.0. The number of ether oxygens (including phenoxy) is 2. The van der Waals surface area contributed by atoms with Gasteiger partial charge in [-0.05, 0) is 36.8 Å². The number of carbonyl (C=O) groups excluding carboxylic acids is 1. The van der Waals surface area contributed by atoms with Gasteiger partial charge in [0.2, 0.25) is 5.43 Å². The summed E-state index contributed by atoms with van der Waals surface area (Å²) in [6.45, 7) is 0. The van der Waals surface area contributed by atoms with E-state index >= 15 is 0 Å². The second-order valence-corrected chi connectivity index (χ2v) is 8.95. The molecule has 4 aromatic rings. The molecular formula is C23H14ClF3N2O4S. The first-order valence-corrected chi connectivity index (χ1v) is 11.3. The number of Topliss-reactive ketones (excluding diaryl/α,β-unsaturated/α-hetero) is 1. The van der Waals surface area contributed by atoms with E-state index in [0.717, 1.165) is 23.5 Å². The number of nitrogens with one attached hydrogen (secondary N) is 1. The molecule has 0 saturated carbocycles. The molecular weight excluding hydrogens is 493 g/mol. The fraction of sp³-hybridized carbons (Fsp3) is 0.174. The minimum Gasteiger partial charge on any atom is -0.431 e. The van der Waals surface area contributed by atoms with Crippen molar-refractivity contribution in [2.24, 2.45) is 0 Å². The lowest BCUT2D eigenvalue weighted by atomic mass is 9.83. The lowest BCUT2D eigenvalue weighted by Gasteiger charge is -2.22. The molecule has 2 heterocycles. The first-order chi connectivity index (χ1) is 16.2. The number of alkyl halides is 3. The maximum Gasteiger partial charge on any atom is 0.573 e. The van der Waals surface area contributed by atoms with Crippen LogP contribution in [0.2, 0.25) is 5.02 Å². The third-order valence-electron chi connectivity index (χ3n) is 5.37. The number of nitrogens with zero attached hydrogens (tertiary/aromatic N) is 1. The predicted octanol–water partition coefficient (Wildman–Crippen LogP) is 6.24. The highest BCUT2D eigenvalue weighted by Gasteiger charge is 2.32.